The maximum absolute atomic E-state index is 13.2. The molecule has 4 heteroatoms. The molecule has 1 aromatic rings. The molecule has 0 spiro atoms. The quantitative estimate of drug-likeness (QED) is 0.829. The SMILES string of the molecule is NCc1ccc(F)cc1CN1CCCC1CO. The van der Waals surface area contributed by atoms with E-state index in [1.807, 2.05) is 0 Å². The molecule has 1 fully saturated rings. The highest BCUT2D eigenvalue weighted by molar-refractivity contribution is 5.28. The summed E-state index contributed by atoms with van der Waals surface area (Å²) in [6.07, 6.45) is 2.11. The lowest BCUT2D eigenvalue weighted by molar-refractivity contribution is 0.153. The van der Waals surface area contributed by atoms with Gasteiger partial charge in [-0.15, -0.1) is 0 Å². The first kappa shape index (κ1) is 12.5. The molecule has 1 aliphatic rings. The molecule has 1 unspecified atom stereocenters. The van der Waals surface area contributed by atoms with Crippen molar-refractivity contribution in [1.29, 1.82) is 0 Å². The molecule has 3 N–H and O–H groups in total. The Morgan fingerprint density at radius 1 is 1.41 bits per heavy atom. The highest BCUT2D eigenvalue weighted by Gasteiger charge is 2.24. The first-order chi connectivity index (χ1) is 8.24. The van der Waals surface area contributed by atoms with Crippen molar-refractivity contribution in [2.24, 2.45) is 5.73 Å². The summed E-state index contributed by atoms with van der Waals surface area (Å²) in [5, 5.41) is 9.26. The first-order valence-electron chi connectivity index (χ1n) is 6.07. The summed E-state index contributed by atoms with van der Waals surface area (Å²) >= 11 is 0. The van der Waals surface area contributed by atoms with Crippen LogP contribution in [0.1, 0.15) is 24.0 Å². The lowest BCUT2D eigenvalue weighted by Crippen LogP contribution is -2.32. The summed E-state index contributed by atoms with van der Waals surface area (Å²) in [7, 11) is 0. The van der Waals surface area contributed by atoms with Crippen LogP contribution in [0, 0.1) is 5.82 Å². The molecule has 94 valence electrons. The Bertz CT molecular complexity index is 384. The van der Waals surface area contributed by atoms with E-state index in [2.05, 4.69) is 4.90 Å². The van der Waals surface area contributed by atoms with Gasteiger partial charge < -0.3 is 10.8 Å². The average molecular weight is 238 g/mol. The van der Waals surface area contributed by atoms with Crippen molar-refractivity contribution < 1.29 is 9.50 Å². The number of hydrogen-bond acceptors (Lipinski definition) is 3. The molecule has 1 atom stereocenters. The summed E-state index contributed by atoms with van der Waals surface area (Å²) in [5.74, 6) is -0.225. The van der Waals surface area contributed by atoms with Gasteiger partial charge in [-0.3, -0.25) is 4.90 Å². The van der Waals surface area contributed by atoms with Crippen LogP contribution in [0.5, 0.6) is 0 Å². The number of halogens is 1. The maximum atomic E-state index is 13.2. The lowest BCUT2D eigenvalue weighted by Gasteiger charge is -2.23. The molecule has 17 heavy (non-hydrogen) atoms. The van der Waals surface area contributed by atoms with Crippen LogP contribution < -0.4 is 5.73 Å². The number of aliphatic hydroxyl groups is 1. The molecule has 0 radical (unpaired) electrons. The van der Waals surface area contributed by atoms with Crippen molar-refractivity contribution in [3.63, 3.8) is 0 Å². The van der Waals surface area contributed by atoms with Gasteiger partial charge in [-0.25, -0.2) is 4.39 Å². The van der Waals surface area contributed by atoms with E-state index in [4.69, 9.17) is 5.73 Å². The normalized spacial score (nSPS) is 21.0. The van der Waals surface area contributed by atoms with E-state index in [0.717, 1.165) is 30.5 Å². The van der Waals surface area contributed by atoms with Gasteiger partial charge in [0.05, 0.1) is 6.61 Å². The van der Waals surface area contributed by atoms with Crippen LogP contribution in [0.2, 0.25) is 0 Å². The molecule has 2 rings (SSSR count). The molecule has 0 aromatic heterocycles. The largest absolute Gasteiger partial charge is 0.395 e. The van der Waals surface area contributed by atoms with E-state index in [1.54, 1.807) is 12.1 Å². The van der Waals surface area contributed by atoms with Crippen molar-refractivity contribution in [3.05, 3.63) is 35.1 Å². The smallest absolute Gasteiger partial charge is 0.123 e. The third-order valence-electron chi connectivity index (χ3n) is 3.47. The van der Waals surface area contributed by atoms with Gasteiger partial charge in [-0.2, -0.15) is 0 Å². The van der Waals surface area contributed by atoms with Crippen LogP contribution in [-0.4, -0.2) is 29.2 Å². The zero-order valence-electron chi connectivity index (χ0n) is 9.90. The molecule has 1 saturated heterocycles. The Labute approximate surface area is 101 Å². The predicted octanol–water partition coefficient (Wildman–Crippen LogP) is 1.24. The Morgan fingerprint density at radius 2 is 2.24 bits per heavy atom. The first-order valence-corrected chi connectivity index (χ1v) is 6.07. The Hall–Kier alpha value is -0.970. The molecular formula is C13H19FN2O. The van der Waals surface area contributed by atoms with Crippen LogP contribution in [0.15, 0.2) is 18.2 Å². The second-order valence-corrected chi connectivity index (χ2v) is 4.57. The molecule has 1 aliphatic heterocycles. The Balaban J connectivity index is 2.14. The Morgan fingerprint density at radius 3 is 2.94 bits per heavy atom. The number of benzene rings is 1. The average Bonchev–Trinajstić information content (AvgIpc) is 2.77. The zero-order valence-corrected chi connectivity index (χ0v) is 9.90. The summed E-state index contributed by atoms with van der Waals surface area (Å²) in [5.41, 5.74) is 7.57. The monoisotopic (exact) mass is 238 g/mol. The minimum absolute atomic E-state index is 0.174. The highest BCUT2D eigenvalue weighted by atomic mass is 19.1. The number of likely N-dealkylation sites (tertiary alicyclic amines) is 1. The van der Waals surface area contributed by atoms with E-state index in [-0.39, 0.29) is 18.5 Å². The fourth-order valence-corrected chi connectivity index (χ4v) is 2.47. The second-order valence-electron chi connectivity index (χ2n) is 4.57. The lowest BCUT2D eigenvalue weighted by atomic mass is 10.1. The summed E-state index contributed by atoms with van der Waals surface area (Å²) in [6.45, 7) is 2.24. The van der Waals surface area contributed by atoms with Gasteiger partial charge in [0.15, 0.2) is 0 Å². The predicted molar refractivity (Wildman–Crippen MR) is 64.8 cm³/mol. The van der Waals surface area contributed by atoms with Crippen molar-refractivity contribution in [2.45, 2.75) is 32.0 Å². The van der Waals surface area contributed by atoms with Gasteiger partial charge in [0.25, 0.3) is 0 Å². The van der Waals surface area contributed by atoms with Crippen LogP contribution in [-0.2, 0) is 13.1 Å². The highest BCUT2D eigenvalue weighted by Crippen LogP contribution is 2.21. The van der Waals surface area contributed by atoms with Crippen LogP contribution in [0.3, 0.4) is 0 Å². The van der Waals surface area contributed by atoms with Gasteiger partial charge in [0.1, 0.15) is 5.82 Å². The summed E-state index contributed by atoms with van der Waals surface area (Å²) < 4.78 is 13.2. The number of hydrogen-bond donors (Lipinski definition) is 2. The summed E-state index contributed by atoms with van der Waals surface area (Å²) in [6, 6.07) is 4.95. The van der Waals surface area contributed by atoms with Gasteiger partial charge in [0, 0.05) is 19.1 Å². The van der Waals surface area contributed by atoms with E-state index in [0.29, 0.717) is 13.1 Å². The molecule has 1 heterocycles. The Kier molecular flexibility index (Phi) is 4.10. The van der Waals surface area contributed by atoms with Crippen molar-refractivity contribution in [1.82, 2.24) is 4.90 Å². The molecule has 3 nitrogen and oxygen atoms in total. The van der Waals surface area contributed by atoms with Gasteiger partial charge >= 0.3 is 0 Å². The van der Waals surface area contributed by atoms with Gasteiger partial charge in [0.2, 0.25) is 0 Å². The molecule has 0 aliphatic carbocycles. The van der Waals surface area contributed by atoms with Crippen molar-refractivity contribution >= 4 is 0 Å². The van der Waals surface area contributed by atoms with E-state index in [1.165, 1.54) is 6.07 Å². The van der Waals surface area contributed by atoms with E-state index in [9.17, 15) is 9.50 Å². The number of aliphatic hydroxyl groups excluding tert-OH is 1. The zero-order chi connectivity index (χ0) is 12.3. The molecule has 0 bridgehead atoms. The van der Waals surface area contributed by atoms with E-state index < -0.39 is 0 Å². The van der Waals surface area contributed by atoms with Crippen molar-refractivity contribution in [3.8, 4) is 0 Å². The third kappa shape index (κ3) is 2.83. The van der Waals surface area contributed by atoms with Gasteiger partial charge in [-0.05, 0) is 42.6 Å². The number of nitrogens with zero attached hydrogens (tertiary/aromatic N) is 1. The molecule has 1 aromatic carbocycles. The molecule has 0 amide bonds. The topological polar surface area (TPSA) is 49.5 Å². The third-order valence-corrected chi connectivity index (χ3v) is 3.47. The molecular weight excluding hydrogens is 219 g/mol. The summed E-state index contributed by atoms with van der Waals surface area (Å²) in [4.78, 5) is 2.20. The standard InChI is InChI=1S/C13H19FN2O/c14-12-4-3-10(7-15)11(6-12)8-16-5-1-2-13(16)9-17/h3-4,6,13,17H,1-2,5,7-9,15H2. The minimum atomic E-state index is -0.225. The fraction of sp³-hybridized carbons (Fsp3) is 0.538. The maximum Gasteiger partial charge on any atom is 0.123 e. The number of rotatable bonds is 4. The van der Waals surface area contributed by atoms with Crippen molar-refractivity contribution in [2.75, 3.05) is 13.2 Å². The second kappa shape index (κ2) is 5.58. The van der Waals surface area contributed by atoms with Crippen LogP contribution in [0.25, 0.3) is 0 Å². The van der Waals surface area contributed by atoms with E-state index >= 15 is 0 Å². The fourth-order valence-electron chi connectivity index (χ4n) is 2.47. The number of nitrogens with two attached hydrogens (primary N) is 1. The minimum Gasteiger partial charge on any atom is -0.395 e. The van der Waals surface area contributed by atoms with Crippen LogP contribution in [0.4, 0.5) is 4.39 Å². The molecule has 0 saturated carbocycles. The van der Waals surface area contributed by atoms with Crippen LogP contribution >= 0.6 is 0 Å². The van der Waals surface area contributed by atoms with Gasteiger partial charge in [-0.1, -0.05) is 6.07 Å².